The molecule has 0 aromatic heterocycles. The Kier molecular flexibility index (Phi) is 2.84. The summed E-state index contributed by atoms with van der Waals surface area (Å²) in [4.78, 5) is 0. The van der Waals surface area contributed by atoms with Gasteiger partial charge < -0.3 is 4.74 Å². The summed E-state index contributed by atoms with van der Waals surface area (Å²) < 4.78 is 18.3. The quantitative estimate of drug-likeness (QED) is 0.585. The molecule has 0 aliphatic heterocycles. The Hall–Kier alpha value is -0.110. The van der Waals surface area contributed by atoms with Gasteiger partial charge in [-0.2, -0.15) is 0 Å². The van der Waals surface area contributed by atoms with Crippen molar-refractivity contribution in [3.8, 4) is 0 Å². The topological polar surface area (TPSA) is 9.23 Å². The molecule has 0 aliphatic carbocycles. The SMILES string of the molecule is CCC(F)(OC)C(C)(C)C. The highest BCUT2D eigenvalue weighted by atomic mass is 19.2. The largest absolute Gasteiger partial charge is 0.349 e. The first-order chi connectivity index (χ1) is 4.37. The molecule has 1 unspecified atom stereocenters. The van der Waals surface area contributed by atoms with E-state index in [2.05, 4.69) is 0 Å². The molecule has 0 saturated carbocycles. The monoisotopic (exact) mass is 148 g/mol. The summed E-state index contributed by atoms with van der Waals surface area (Å²) in [6.07, 6.45) is 0.396. The fourth-order valence-corrected chi connectivity index (χ4v) is 0.981. The van der Waals surface area contributed by atoms with Gasteiger partial charge in [-0.15, -0.1) is 0 Å². The minimum Gasteiger partial charge on any atom is -0.349 e. The van der Waals surface area contributed by atoms with Gasteiger partial charge in [0.05, 0.1) is 0 Å². The summed E-state index contributed by atoms with van der Waals surface area (Å²) in [6, 6.07) is 0. The third-order valence-corrected chi connectivity index (χ3v) is 1.90. The average molecular weight is 148 g/mol. The van der Waals surface area contributed by atoms with Crippen molar-refractivity contribution in [3.05, 3.63) is 0 Å². The first kappa shape index (κ1) is 9.89. The van der Waals surface area contributed by atoms with E-state index in [9.17, 15) is 4.39 Å². The van der Waals surface area contributed by atoms with Crippen molar-refractivity contribution < 1.29 is 9.13 Å². The normalized spacial score (nSPS) is 18.6. The van der Waals surface area contributed by atoms with Crippen molar-refractivity contribution in [3.63, 3.8) is 0 Å². The van der Waals surface area contributed by atoms with Crippen molar-refractivity contribution >= 4 is 0 Å². The van der Waals surface area contributed by atoms with Crippen LogP contribution in [0.25, 0.3) is 0 Å². The highest BCUT2D eigenvalue weighted by molar-refractivity contribution is 4.80. The fraction of sp³-hybridized carbons (Fsp3) is 1.00. The van der Waals surface area contributed by atoms with E-state index in [-0.39, 0.29) is 0 Å². The van der Waals surface area contributed by atoms with E-state index in [0.29, 0.717) is 6.42 Å². The van der Waals surface area contributed by atoms with E-state index in [0.717, 1.165) is 0 Å². The number of methoxy groups -OCH3 is 1. The highest BCUT2D eigenvalue weighted by Crippen LogP contribution is 2.37. The third kappa shape index (κ3) is 1.69. The Balaban J connectivity index is 4.33. The molecule has 2 heteroatoms. The summed E-state index contributed by atoms with van der Waals surface area (Å²) in [6.45, 7) is 7.29. The molecular weight excluding hydrogens is 131 g/mol. The molecule has 0 spiro atoms. The predicted molar refractivity (Wildman–Crippen MR) is 40.6 cm³/mol. The van der Waals surface area contributed by atoms with Crippen molar-refractivity contribution in [1.29, 1.82) is 0 Å². The maximum absolute atomic E-state index is 13.5. The maximum Gasteiger partial charge on any atom is 0.213 e. The zero-order valence-corrected chi connectivity index (χ0v) is 7.49. The summed E-state index contributed by atoms with van der Waals surface area (Å²) in [5.41, 5.74) is -0.434. The van der Waals surface area contributed by atoms with E-state index in [1.807, 2.05) is 20.8 Å². The first-order valence-corrected chi connectivity index (χ1v) is 3.61. The smallest absolute Gasteiger partial charge is 0.213 e. The van der Waals surface area contributed by atoms with Crippen molar-refractivity contribution in [2.75, 3.05) is 7.11 Å². The van der Waals surface area contributed by atoms with Gasteiger partial charge in [-0.1, -0.05) is 27.7 Å². The van der Waals surface area contributed by atoms with Gasteiger partial charge in [0, 0.05) is 18.9 Å². The van der Waals surface area contributed by atoms with Gasteiger partial charge in [-0.05, 0) is 0 Å². The Morgan fingerprint density at radius 2 is 1.70 bits per heavy atom. The molecule has 0 rings (SSSR count). The van der Waals surface area contributed by atoms with Gasteiger partial charge in [-0.25, -0.2) is 4.39 Å². The van der Waals surface area contributed by atoms with Crippen LogP contribution < -0.4 is 0 Å². The molecule has 0 saturated heterocycles. The van der Waals surface area contributed by atoms with Crippen molar-refractivity contribution in [1.82, 2.24) is 0 Å². The molecule has 0 fully saturated rings. The number of hydrogen-bond acceptors (Lipinski definition) is 1. The van der Waals surface area contributed by atoms with Crippen LogP contribution in [0.4, 0.5) is 4.39 Å². The average Bonchev–Trinajstić information content (AvgIpc) is 1.84. The molecule has 0 bridgehead atoms. The molecule has 0 aromatic carbocycles. The van der Waals surface area contributed by atoms with Gasteiger partial charge in [0.25, 0.3) is 0 Å². The molecule has 0 heterocycles. The lowest BCUT2D eigenvalue weighted by Gasteiger charge is -2.35. The Morgan fingerprint density at radius 1 is 1.30 bits per heavy atom. The summed E-state index contributed by atoms with van der Waals surface area (Å²) in [5, 5.41) is 0. The Bertz CT molecular complexity index is 100. The second kappa shape index (κ2) is 2.87. The van der Waals surface area contributed by atoms with Crippen LogP contribution in [0.5, 0.6) is 0 Å². The number of halogens is 1. The van der Waals surface area contributed by atoms with Crippen LogP contribution in [0.15, 0.2) is 0 Å². The van der Waals surface area contributed by atoms with Crippen LogP contribution in [-0.4, -0.2) is 13.0 Å². The minimum absolute atomic E-state index is 0.396. The molecule has 0 aromatic rings. The Morgan fingerprint density at radius 3 is 1.70 bits per heavy atom. The van der Waals surface area contributed by atoms with Gasteiger partial charge in [0.1, 0.15) is 0 Å². The molecule has 0 aliphatic rings. The molecule has 0 amide bonds. The highest BCUT2D eigenvalue weighted by Gasteiger charge is 2.40. The molecule has 1 atom stereocenters. The molecule has 10 heavy (non-hydrogen) atoms. The van der Waals surface area contributed by atoms with Crippen LogP contribution >= 0.6 is 0 Å². The number of ether oxygens (including phenoxy) is 1. The van der Waals surface area contributed by atoms with Gasteiger partial charge in [0.2, 0.25) is 5.85 Å². The van der Waals surface area contributed by atoms with E-state index in [1.165, 1.54) is 7.11 Å². The number of rotatable bonds is 2. The summed E-state index contributed by atoms with van der Waals surface area (Å²) in [5.74, 6) is -1.48. The van der Waals surface area contributed by atoms with Crippen molar-refractivity contribution in [2.24, 2.45) is 5.41 Å². The van der Waals surface area contributed by atoms with Crippen LogP contribution in [0.1, 0.15) is 34.1 Å². The standard InChI is InChI=1S/C8H17FO/c1-6-8(9,10-5)7(2,3)4/h6H2,1-5H3. The molecule has 1 nitrogen and oxygen atoms in total. The molecule has 0 radical (unpaired) electrons. The van der Waals surface area contributed by atoms with Gasteiger partial charge >= 0.3 is 0 Å². The van der Waals surface area contributed by atoms with Crippen LogP contribution in [0, 0.1) is 5.41 Å². The fourth-order valence-electron chi connectivity index (χ4n) is 0.981. The third-order valence-electron chi connectivity index (χ3n) is 1.90. The van der Waals surface area contributed by atoms with Crippen LogP contribution in [0.2, 0.25) is 0 Å². The van der Waals surface area contributed by atoms with Crippen molar-refractivity contribution in [2.45, 2.75) is 40.0 Å². The lowest BCUT2D eigenvalue weighted by Crippen LogP contribution is -2.39. The van der Waals surface area contributed by atoms with E-state index < -0.39 is 11.3 Å². The lowest BCUT2D eigenvalue weighted by molar-refractivity contribution is -0.192. The second-order valence-electron chi connectivity index (χ2n) is 3.54. The zero-order valence-electron chi connectivity index (χ0n) is 7.49. The Labute approximate surface area is 62.6 Å². The maximum atomic E-state index is 13.5. The molecular formula is C8H17FO. The van der Waals surface area contributed by atoms with Crippen LogP contribution in [-0.2, 0) is 4.74 Å². The first-order valence-electron chi connectivity index (χ1n) is 3.61. The minimum atomic E-state index is -1.48. The second-order valence-corrected chi connectivity index (χ2v) is 3.54. The number of hydrogen-bond donors (Lipinski definition) is 0. The lowest BCUT2D eigenvalue weighted by atomic mass is 9.85. The predicted octanol–water partition coefficient (Wildman–Crippen LogP) is 2.75. The van der Waals surface area contributed by atoms with E-state index in [4.69, 9.17) is 4.74 Å². The van der Waals surface area contributed by atoms with E-state index >= 15 is 0 Å². The number of alkyl halides is 1. The van der Waals surface area contributed by atoms with Gasteiger partial charge in [0.15, 0.2) is 0 Å². The molecule has 62 valence electrons. The van der Waals surface area contributed by atoms with Crippen LogP contribution in [0.3, 0.4) is 0 Å². The zero-order chi connectivity index (χ0) is 8.41. The summed E-state index contributed by atoms with van der Waals surface area (Å²) >= 11 is 0. The molecule has 0 N–H and O–H groups in total. The van der Waals surface area contributed by atoms with E-state index in [1.54, 1.807) is 6.92 Å². The van der Waals surface area contributed by atoms with Gasteiger partial charge in [-0.3, -0.25) is 0 Å². The summed E-state index contributed by atoms with van der Waals surface area (Å²) in [7, 11) is 1.41.